The predicted molar refractivity (Wildman–Crippen MR) is 57.9 cm³/mol. The summed E-state index contributed by atoms with van der Waals surface area (Å²) in [6.45, 7) is 5.45. The molecular weight excluding hydrogens is 251 g/mol. The van der Waals surface area contributed by atoms with Gasteiger partial charge in [-0.25, -0.2) is 4.79 Å². The molecule has 1 aliphatic heterocycles. The maximum atomic E-state index is 11.9. The highest BCUT2D eigenvalue weighted by molar-refractivity contribution is 5.68. The quantitative estimate of drug-likeness (QED) is 0.773. The molecule has 1 rings (SSSR count). The normalized spacial score (nSPS) is 21.2. The Morgan fingerprint density at radius 3 is 2.44 bits per heavy atom. The van der Waals surface area contributed by atoms with Gasteiger partial charge < -0.3 is 9.64 Å². The average Bonchev–Trinajstić information content (AvgIpc) is 2.58. The van der Waals surface area contributed by atoms with E-state index in [-0.39, 0.29) is 12.5 Å². The van der Waals surface area contributed by atoms with Gasteiger partial charge in [-0.15, -0.1) is 13.2 Å². The Morgan fingerprint density at radius 2 is 1.94 bits per heavy atom. The molecule has 1 atom stereocenters. The zero-order valence-corrected chi connectivity index (χ0v) is 10.7. The zero-order valence-electron chi connectivity index (χ0n) is 10.7. The number of likely N-dealkylation sites (tertiary alicyclic amines) is 1. The van der Waals surface area contributed by atoms with Gasteiger partial charge in [0.1, 0.15) is 5.60 Å². The fourth-order valence-electron chi connectivity index (χ4n) is 1.67. The van der Waals surface area contributed by atoms with Crippen LogP contribution in [0.2, 0.25) is 0 Å². The van der Waals surface area contributed by atoms with Crippen LogP contribution in [0.1, 0.15) is 27.2 Å². The maximum Gasteiger partial charge on any atom is 0.522 e. The van der Waals surface area contributed by atoms with Gasteiger partial charge in [0.05, 0.1) is 6.61 Å². The van der Waals surface area contributed by atoms with Crippen LogP contribution < -0.4 is 0 Å². The van der Waals surface area contributed by atoms with Gasteiger partial charge in [0.2, 0.25) is 0 Å². The first-order valence-electron chi connectivity index (χ1n) is 5.75. The number of carbonyl (C=O) groups excluding carboxylic acids is 1. The number of nitrogens with zero attached hydrogens (tertiary/aromatic N) is 1. The van der Waals surface area contributed by atoms with Crippen molar-refractivity contribution in [3.63, 3.8) is 0 Å². The van der Waals surface area contributed by atoms with E-state index in [1.807, 2.05) is 0 Å². The highest BCUT2D eigenvalue weighted by atomic mass is 19.4. The molecule has 0 aromatic carbocycles. The van der Waals surface area contributed by atoms with E-state index >= 15 is 0 Å². The van der Waals surface area contributed by atoms with Crippen LogP contribution in [0.15, 0.2) is 0 Å². The maximum absolute atomic E-state index is 11.9. The van der Waals surface area contributed by atoms with Gasteiger partial charge in [-0.2, -0.15) is 0 Å². The van der Waals surface area contributed by atoms with Crippen LogP contribution in [-0.2, 0) is 9.47 Å². The smallest absolute Gasteiger partial charge is 0.444 e. The van der Waals surface area contributed by atoms with Crippen molar-refractivity contribution in [1.29, 1.82) is 0 Å². The number of hydrogen-bond donors (Lipinski definition) is 0. The molecule has 7 heteroatoms. The first-order chi connectivity index (χ1) is 8.07. The molecule has 0 saturated carbocycles. The predicted octanol–water partition coefficient (Wildman–Crippen LogP) is 2.78. The Balaban J connectivity index is 2.35. The summed E-state index contributed by atoms with van der Waals surface area (Å²) < 4.78 is 44.5. The number of hydrogen-bond acceptors (Lipinski definition) is 3. The summed E-state index contributed by atoms with van der Waals surface area (Å²) in [5.74, 6) is -0.292. The van der Waals surface area contributed by atoms with Gasteiger partial charge in [-0.1, -0.05) is 0 Å². The van der Waals surface area contributed by atoms with E-state index in [0.29, 0.717) is 13.0 Å². The first-order valence-corrected chi connectivity index (χ1v) is 5.75. The van der Waals surface area contributed by atoms with Crippen molar-refractivity contribution < 1.29 is 27.4 Å². The van der Waals surface area contributed by atoms with Crippen molar-refractivity contribution in [2.75, 3.05) is 19.7 Å². The third-order valence-corrected chi connectivity index (χ3v) is 2.42. The van der Waals surface area contributed by atoms with Crippen molar-refractivity contribution in [2.45, 2.75) is 39.2 Å². The SMILES string of the molecule is CC(C)(C)OC(=O)N1CC[C@@H](COC(F)(F)F)C1. The molecule has 0 N–H and O–H groups in total. The molecule has 1 amide bonds. The summed E-state index contributed by atoms with van der Waals surface area (Å²) in [4.78, 5) is 13.1. The summed E-state index contributed by atoms with van der Waals surface area (Å²) in [5.41, 5.74) is -0.600. The lowest BCUT2D eigenvalue weighted by atomic mass is 10.1. The van der Waals surface area contributed by atoms with E-state index in [4.69, 9.17) is 4.74 Å². The monoisotopic (exact) mass is 269 g/mol. The molecule has 0 aromatic heterocycles. The highest BCUT2D eigenvalue weighted by Crippen LogP contribution is 2.23. The second-order valence-corrected chi connectivity index (χ2v) is 5.34. The van der Waals surface area contributed by atoms with Gasteiger partial charge in [-0.3, -0.25) is 4.74 Å². The number of amides is 1. The van der Waals surface area contributed by atoms with E-state index in [1.54, 1.807) is 20.8 Å². The Hall–Kier alpha value is -0.980. The Kier molecular flexibility index (Phi) is 4.47. The Labute approximate surface area is 104 Å². The molecule has 1 saturated heterocycles. The fraction of sp³-hybridized carbons (Fsp3) is 0.909. The van der Waals surface area contributed by atoms with Crippen LogP contribution in [0.5, 0.6) is 0 Å². The number of ether oxygens (including phenoxy) is 2. The number of alkyl halides is 3. The first kappa shape index (κ1) is 15.1. The lowest BCUT2D eigenvalue weighted by Crippen LogP contribution is -2.35. The molecule has 1 aliphatic rings. The molecule has 0 aromatic rings. The van der Waals surface area contributed by atoms with Crippen LogP contribution in [0.25, 0.3) is 0 Å². The molecule has 0 unspecified atom stereocenters. The second-order valence-electron chi connectivity index (χ2n) is 5.34. The minimum Gasteiger partial charge on any atom is -0.444 e. The van der Waals surface area contributed by atoms with Crippen LogP contribution in [0.4, 0.5) is 18.0 Å². The number of rotatable bonds is 2. The largest absolute Gasteiger partial charge is 0.522 e. The van der Waals surface area contributed by atoms with E-state index in [2.05, 4.69) is 4.74 Å². The van der Waals surface area contributed by atoms with Gasteiger partial charge in [0, 0.05) is 19.0 Å². The summed E-state index contributed by atoms with van der Waals surface area (Å²) in [6.07, 6.45) is -4.61. The molecule has 18 heavy (non-hydrogen) atoms. The summed E-state index contributed by atoms with van der Waals surface area (Å²) in [6, 6.07) is 0. The molecule has 106 valence electrons. The van der Waals surface area contributed by atoms with E-state index in [0.717, 1.165) is 0 Å². The molecule has 1 heterocycles. The van der Waals surface area contributed by atoms with Gasteiger partial charge >= 0.3 is 12.5 Å². The third-order valence-electron chi connectivity index (χ3n) is 2.42. The minimum absolute atomic E-state index is 0.241. The van der Waals surface area contributed by atoms with E-state index in [9.17, 15) is 18.0 Å². The van der Waals surface area contributed by atoms with Crippen LogP contribution in [0, 0.1) is 5.92 Å². The van der Waals surface area contributed by atoms with Gasteiger partial charge in [0.15, 0.2) is 0 Å². The topological polar surface area (TPSA) is 38.8 Å². The van der Waals surface area contributed by atoms with E-state index < -0.39 is 24.7 Å². The van der Waals surface area contributed by atoms with Crippen molar-refractivity contribution in [3.05, 3.63) is 0 Å². The standard InChI is InChI=1S/C11H18F3NO3/c1-10(2,3)18-9(16)15-5-4-8(6-15)7-17-11(12,13)14/h8H,4-7H2,1-3H3/t8-/m1/s1. The second kappa shape index (κ2) is 5.34. The van der Waals surface area contributed by atoms with Crippen LogP contribution in [0.3, 0.4) is 0 Å². The number of carbonyl (C=O) groups is 1. The third kappa shape index (κ3) is 5.57. The molecule has 4 nitrogen and oxygen atoms in total. The average molecular weight is 269 g/mol. The number of halogens is 3. The van der Waals surface area contributed by atoms with Gasteiger partial charge in [0.25, 0.3) is 0 Å². The molecule has 1 fully saturated rings. The van der Waals surface area contributed by atoms with E-state index in [1.165, 1.54) is 4.90 Å². The van der Waals surface area contributed by atoms with Crippen molar-refractivity contribution in [2.24, 2.45) is 5.92 Å². The Morgan fingerprint density at radius 1 is 1.33 bits per heavy atom. The van der Waals surface area contributed by atoms with Crippen molar-refractivity contribution >= 4 is 6.09 Å². The lowest BCUT2D eigenvalue weighted by Gasteiger charge is -2.24. The summed E-state index contributed by atoms with van der Waals surface area (Å²) >= 11 is 0. The van der Waals surface area contributed by atoms with Crippen LogP contribution in [-0.4, -0.2) is 42.7 Å². The van der Waals surface area contributed by atoms with Crippen LogP contribution >= 0.6 is 0 Å². The summed E-state index contributed by atoms with van der Waals surface area (Å²) in [5, 5.41) is 0. The lowest BCUT2D eigenvalue weighted by molar-refractivity contribution is -0.328. The molecule has 0 aliphatic carbocycles. The minimum atomic E-state index is -4.61. The summed E-state index contributed by atoms with van der Waals surface area (Å²) in [7, 11) is 0. The zero-order chi connectivity index (χ0) is 14.0. The van der Waals surface area contributed by atoms with Crippen molar-refractivity contribution in [3.8, 4) is 0 Å². The fourth-order valence-corrected chi connectivity index (χ4v) is 1.67. The van der Waals surface area contributed by atoms with Crippen molar-refractivity contribution in [1.82, 2.24) is 4.90 Å². The highest BCUT2D eigenvalue weighted by Gasteiger charge is 2.34. The molecule has 0 radical (unpaired) electrons. The molecule has 0 spiro atoms. The van der Waals surface area contributed by atoms with Gasteiger partial charge in [-0.05, 0) is 27.2 Å². The molecular formula is C11H18F3NO3. The molecule has 0 bridgehead atoms. The Bertz CT molecular complexity index is 299.